The molecule has 0 saturated heterocycles. The quantitative estimate of drug-likeness (QED) is 0.695. The number of nitrogens with zero attached hydrogens (tertiary/aromatic N) is 1. The molecule has 1 aromatic carbocycles. The fourth-order valence-electron chi connectivity index (χ4n) is 1.77. The summed E-state index contributed by atoms with van der Waals surface area (Å²) in [5, 5.41) is 2.49. The van der Waals surface area contributed by atoms with Crippen LogP contribution in [0.2, 0.25) is 0 Å². The highest BCUT2D eigenvalue weighted by atomic mass is 32.2. The van der Waals surface area contributed by atoms with Crippen molar-refractivity contribution < 1.29 is 22.7 Å². The molecule has 0 aromatic heterocycles. The van der Waals surface area contributed by atoms with E-state index in [2.05, 4.69) is 5.32 Å². The number of benzene rings is 1. The van der Waals surface area contributed by atoms with E-state index in [4.69, 9.17) is 10.5 Å². The zero-order valence-electron chi connectivity index (χ0n) is 13.5. The Kier molecular flexibility index (Phi) is 5.86. The maximum Gasteiger partial charge on any atom is 0.252 e. The Labute approximate surface area is 135 Å². The van der Waals surface area contributed by atoms with Gasteiger partial charge in [0.1, 0.15) is 5.54 Å². The molecule has 0 aliphatic rings. The molecular formula is C14H21N3O5S. The highest BCUT2D eigenvalue weighted by Gasteiger charge is 2.33. The van der Waals surface area contributed by atoms with E-state index in [1.807, 2.05) is 0 Å². The van der Waals surface area contributed by atoms with Crippen LogP contribution in [-0.2, 0) is 19.6 Å². The molecule has 0 saturated carbocycles. The minimum Gasteiger partial charge on any atom is -0.382 e. The number of sulfonamides is 1. The van der Waals surface area contributed by atoms with Gasteiger partial charge in [0.25, 0.3) is 5.91 Å². The second-order valence-electron chi connectivity index (χ2n) is 5.40. The third-order valence-corrected chi connectivity index (χ3v) is 5.09. The van der Waals surface area contributed by atoms with Gasteiger partial charge in [0.2, 0.25) is 15.9 Å². The Morgan fingerprint density at radius 2 is 1.78 bits per heavy atom. The van der Waals surface area contributed by atoms with Crippen LogP contribution in [0.4, 0.5) is 0 Å². The molecule has 0 fully saturated rings. The van der Waals surface area contributed by atoms with Crippen LogP contribution in [0.1, 0.15) is 17.3 Å². The van der Waals surface area contributed by atoms with Crippen molar-refractivity contribution in [3.8, 4) is 0 Å². The molecule has 1 atom stereocenters. The van der Waals surface area contributed by atoms with E-state index in [-0.39, 0.29) is 17.1 Å². The Hall–Kier alpha value is -1.97. The standard InChI is InChI=1S/C14H21N3O5S/c1-14(9-22-4,13(15)19)16-12(18)10-5-7-11(8-6-10)23(20,21)17(2)3/h5-8H,9H2,1-4H3,(H2,15,19)(H,16,18)/t14-/m0/s1. The van der Waals surface area contributed by atoms with Crippen molar-refractivity contribution in [1.29, 1.82) is 0 Å². The van der Waals surface area contributed by atoms with Crippen molar-refractivity contribution in [3.05, 3.63) is 29.8 Å². The third-order valence-electron chi connectivity index (χ3n) is 3.26. The fraction of sp³-hybridized carbons (Fsp3) is 0.429. The van der Waals surface area contributed by atoms with Gasteiger partial charge in [-0.1, -0.05) is 0 Å². The normalized spacial score (nSPS) is 14.3. The lowest BCUT2D eigenvalue weighted by molar-refractivity contribution is -0.125. The van der Waals surface area contributed by atoms with E-state index in [0.29, 0.717) is 0 Å². The minimum absolute atomic E-state index is 0.0635. The number of amides is 2. The summed E-state index contributed by atoms with van der Waals surface area (Å²) in [7, 11) is 0.646. The molecule has 0 spiro atoms. The summed E-state index contributed by atoms with van der Waals surface area (Å²) in [5.41, 5.74) is 4.12. The topological polar surface area (TPSA) is 119 Å². The highest BCUT2D eigenvalue weighted by molar-refractivity contribution is 7.89. The van der Waals surface area contributed by atoms with Crippen molar-refractivity contribution in [2.24, 2.45) is 5.73 Å². The Morgan fingerprint density at radius 3 is 2.17 bits per heavy atom. The van der Waals surface area contributed by atoms with E-state index in [9.17, 15) is 18.0 Å². The molecule has 0 unspecified atom stereocenters. The number of hydrogen-bond donors (Lipinski definition) is 2. The van der Waals surface area contributed by atoms with E-state index in [0.717, 1.165) is 4.31 Å². The smallest absolute Gasteiger partial charge is 0.252 e. The van der Waals surface area contributed by atoms with Crippen molar-refractivity contribution in [1.82, 2.24) is 9.62 Å². The molecular weight excluding hydrogens is 322 g/mol. The number of methoxy groups -OCH3 is 1. The number of carbonyl (C=O) groups excluding carboxylic acids is 2. The number of carbonyl (C=O) groups is 2. The van der Waals surface area contributed by atoms with Crippen LogP contribution in [0.15, 0.2) is 29.2 Å². The predicted molar refractivity (Wildman–Crippen MR) is 84.3 cm³/mol. The number of primary amides is 1. The molecule has 1 rings (SSSR count). The monoisotopic (exact) mass is 343 g/mol. The van der Waals surface area contributed by atoms with E-state index < -0.39 is 27.4 Å². The van der Waals surface area contributed by atoms with Crippen LogP contribution in [0, 0.1) is 0 Å². The molecule has 0 bridgehead atoms. The van der Waals surface area contributed by atoms with Crippen LogP contribution < -0.4 is 11.1 Å². The zero-order chi connectivity index (χ0) is 17.8. The summed E-state index contributed by atoms with van der Waals surface area (Å²) in [5.74, 6) is -1.29. The maximum absolute atomic E-state index is 12.2. The minimum atomic E-state index is -3.57. The third kappa shape index (κ3) is 4.27. The molecule has 0 aliphatic heterocycles. The SMILES string of the molecule is COC[C@](C)(NC(=O)c1ccc(S(=O)(=O)N(C)C)cc1)C(N)=O. The summed E-state index contributed by atoms with van der Waals surface area (Å²) in [6.07, 6.45) is 0. The molecule has 9 heteroatoms. The second-order valence-corrected chi connectivity index (χ2v) is 7.55. The van der Waals surface area contributed by atoms with Gasteiger partial charge < -0.3 is 15.8 Å². The largest absolute Gasteiger partial charge is 0.382 e. The van der Waals surface area contributed by atoms with Crippen LogP contribution in [0.25, 0.3) is 0 Å². The molecule has 0 radical (unpaired) electrons. The van der Waals surface area contributed by atoms with Gasteiger partial charge >= 0.3 is 0 Å². The molecule has 2 amide bonds. The van der Waals surface area contributed by atoms with Crippen LogP contribution in [0.3, 0.4) is 0 Å². The first-order valence-corrected chi connectivity index (χ1v) is 8.12. The van der Waals surface area contributed by atoms with E-state index in [1.165, 1.54) is 52.4 Å². The lowest BCUT2D eigenvalue weighted by atomic mass is 10.0. The fourth-order valence-corrected chi connectivity index (χ4v) is 2.67. The van der Waals surface area contributed by atoms with Crippen LogP contribution in [0.5, 0.6) is 0 Å². The first-order valence-electron chi connectivity index (χ1n) is 6.68. The van der Waals surface area contributed by atoms with Gasteiger partial charge in [-0.25, -0.2) is 12.7 Å². The lowest BCUT2D eigenvalue weighted by Crippen LogP contribution is -2.58. The number of nitrogens with two attached hydrogens (primary N) is 1. The van der Waals surface area contributed by atoms with Crippen molar-refractivity contribution >= 4 is 21.8 Å². The van der Waals surface area contributed by atoms with Crippen molar-refractivity contribution in [2.75, 3.05) is 27.8 Å². The first-order chi connectivity index (χ1) is 10.5. The van der Waals surface area contributed by atoms with Gasteiger partial charge in [0.05, 0.1) is 11.5 Å². The summed E-state index contributed by atoms with van der Waals surface area (Å²) < 4.78 is 29.9. The maximum atomic E-state index is 12.2. The van der Waals surface area contributed by atoms with Gasteiger partial charge in [0, 0.05) is 26.8 Å². The van der Waals surface area contributed by atoms with Crippen molar-refractivity contribution in [3.63, 3.8) is 0 Å². The molecule has 0 heterocycles. The average molecular weight is 343 g/mol. The van der Waals surface area contributed by atoms with Crippen LogP contribution >= 0.6 is 0 Å². The Bertz CT molecular complexity index is 685. The Morgan fingerprint density at radius 1 is 1.26 bits per heavy atom. The van der Waals surface area contributed by atoms with Gasteiger partial charge in [-0.15, -0.1) is 0 Å². The van der Waals surface area contributed by atoms with Crippen LogP contribution in [-0.4, -0.2) is 57.9 Å². The predicted octanol–water partition coefficient (Wildman–Crippen LogP) is -0.443. The summed E-state index contributed by atoms with van der Waals surface area (Å²) in [6, 6.07) is 5.37. The number of rotatable bonds is 7. The Balaban J connectivity index is 3.01. The zero-order valence-corrected chi connectivity index (χ0v) is 14.3. The highest BCUT2D eigenvalue weighted by Crippen LogP contribution is 2.15. The van der Waals surface area contributed by atoms with Gasteiger partial charge in [-0.05, 0) is 31.2 Å². The number of hydrogen-bond acceptors (Lipinski definition) is 5. The lowest BCUT2D eigenvalue weighted by Gasteiger charge is -2.26. The number of ether oxygens (including phenoxy) is 1. The molecule has 128 valence electrons. The van der Waals surface area contributed by atoms with E-state index >= 15 is 0 Å². The first kappa shape index (κ1) is 19.1. The summed E-state index contributed by atoms with van der Waals surface area (Å²) >= 11 is 0. The number of nitrogens with one attached hydrogen (secondary N) is 1. The summed E-state index contributed by atoms with van der Waals surface area (Å²) in [4.78, 5) is 23.7. The second kappa shape index (κ2) is 7.07. The van der Waals surface area contributed by atoms with Gasteiger partial charge in [0.15, 0.2) is 0 Å². The average Bonchev–Trinajstić information content (AvgIpc) is 2.47. The van der Waals surface area contributed by atoms with Gasteiger partial charge in [-0.2, -0.15) is 0 Å². The molecule has 8 nitrogen and oxygen atoms in total. The molecule has 0 aliphatic carbocycles. The van der Waals surface area contributed by atoms with E-state index in [1.54, 1.807) is 0 Å². The van der Waals surface area contributed by atoms with Gasteiger partial charge in [-0.3, -0.25) is 9.59 Å². The van der Waals surface area contributed by atoms with Crippen molar-refractivity contribution in [2.45, 2.75) is 17.4 Å². The molecule has 23 heavy (non-hydrogen) atoms. The molecule has 3 N–H and O–H groups in total. The molecule has 1 aromatic rings. The summed E-state index contributed by atoms with van der Waals surface area (Å²) in [6.45, 7) is 1.36.